The largest absolute Gasteiger partial charge is 0.382 e. The van der Waals surface area contributed by atoms with Gasteiger partial charge in [0.1, 0.15) is 11.9 Å². The zero-order chi connectivity index (χ0) is 22.7. The monoisotopic (exact) mass is 430 g/mol. The highest BCUT2D eigenvalue weighted by molar-refractivity contribution is 5.99. The molecule has 0 bridgehead atoms. The second-order valence-corrected chi connectivity index (χ2v) is 8.37. The number of carbonyl (C=O) groups is 2. The Morgan fingerprint density at radius 1 is 1.19 bits per heavy atom. The summed E-state index contributed by atoms with van der Waals surface area (Å²) in [4.78, 5) is 28.4. The lowest BCUT2D eigenvalue weighted by Gasteiger charge is -2.30. The van der Waals surface area contributed by atoms with Crippen molar-refractivity contribution in [3.05, 3.63) is 47.8 Å². The molecule has 4 rings (SSSR count). The standard InChI is InChI=1S/C24H26N6O2/c1-15(31)9-16-3-5-18(6-4-16)29-21-11-22(27-14-20(21)24(32)26-2)23-8-7-19-10-17(12-25)13-28-30(19)23/h7-8,10-11,13-14,16,18H,3-6,9H2,1-2H3,(H,26,32)(H,27,29). The minimum atomic E-state index is -0.200. The minimum Gasteiger partial charge on any atom is -0.382 e. The van der Waals surface area contributed by atoms with Gasteiger partial charge in [-0.25, -0.2) is 4.52 Å². The van der Waals surface area contributed by atoms with E-state index < -0.39 is 0 Å². The van der Waals surface area contributed by atoms with Crippen LogP contribution in [0.5, 0.6) is 0 Å². The van der Waals surface area contributed by atoms with Gasteiger partial charge in [0, 0.05) is 25.7 Å². The third-order valence-electron chi connectivity index (χ3n) is 6.05. The van der Waals surface area contributed by atoms with Crippen molar-refractivity contribution in [2.45, 2.75) is 45.1 Å². The summed E-state index contributed by atoms with van der Waals surface area (Å²) in [5, 5.41) is 19.7. The molecule has 1 saturated carbocycles. The number of hydrogen-bond donors (Lipinski definition) is 2. The normalized spacial score (nSPS) is 18.2. The lowest BCUT2D eigenvalue weighted by atomic mass is 9.83. The first-order valence-corrected chi connectivity index (χ1v) is 10.8. The van der Waals surface area contributed by atoms with Crippen LogP contribution in [0.25, 0.3) is 16.9 Å². The van der Waals surface area contributed by atoms with Gasteiger partial charge in [-0.15, -0.1) is 0 Å². The third-order valence-corrected chi connectivity index (χ3v) is 6.05. The number of aromatic nitrogens is 3. The zero-order valence-electron chi connectivity index (χ0n) is 18.3. The Hall–Kier alpha value is -3.73. The maximum Gasteiger partial charge on any atom is 0.254 e. The second-order valence-electron chi connectivity index (χ2n) is 8.37. The summed E-state index contributed by atoms with van der Waals surface area (Å²) in [6.45, 7) is 1.65. The molecular weight excluding hydrogens is 404 g/mol. The average Bonchev–Trinajstić information content (AvgIpc) is 3.22. The molecule has 0 saturated heterocycles. The van der Waals surface area contributed by atoms with Crippen LogP contribution < -0.4 is 10.6 Å². The van der Waals surface area contributed by atoms with Gasteiger partial charge in [-0.1, -0.05) is 0 Å². The third kappa shape index (κ3) is 4.47. The van der Waals surface area contributed by atoms with E-state index in [0.717, 1.165) is 42.6 Å². The summed E-state index contributed by atoms with van der Waals surface area (Å²) in [5.41, 5.74) is 3.97. The predicted molar refractivity (Wildman–Crippen MR) is 121 cm³/mol. The smallest absolute Gasteiger partial charge is 0.254 e. The highest BCUT2D eigenvalue weighted by atomic mass is 16.1. The Morgan fingerprint density at radius 3 is 2.66 bits per heavy atom. The lowest BCUT2D eigenvalue weighted by Crippen LogP contribution is -2.28. The van der Waals surface area contributed by atoms with Crippen molar-refractivity contribution in [1.82, 2.24) is 19.9 Å². The molecule has 3 aromatic heterocycles. The fraction of sp³-hybridized carbons (Fsp3) is 0.375. The number of nitrogens with zero attached hydrogens (tertiary/aromatic N) is 4. The number of hydrogen-bond acceptors (Lipinski definition) is 6. The maximum atomic E-state index is 12.5. The summed E-state index contributed by atoms with van der Waals surface area (Å²) in [6, 6.07) is 9.78. The number of rotatable bonds is 6. The van der Waals surface area contributed by atoms with Crippen molar-refractivity contribution in [3.63, 3.8) is 0 Å². The molecule has 1 fully saturated rings. The van der Waals surface area contributed by atoms with Gasteiger partial charge in [0.15, 0.2) is 0 Å². The molecule has 0 aromatic carbocycles. The Balaban J connectivity index is 1.62. The van der Waals surface area contributed by atoms with Gasteiger partial charge in [0.25, 0.3) is 5.91 Å². The SMILES string of the molecule is CNC(=O)c1cnc(-c2ccc3cc(C#N)cnn23)cc1NC1CCC(CC(C)=O)CC1. The number of fused-ring (bicyclic) bond motifs is 1. The fourth-order valence-corrected chi connectivity index (χ4v) is 4.42. The van der Waals surface area contributed by atoms with E-state index >= 15 is 0 Å². The molecule has 1 amide bonds. The highest BCUT2D eigenvalue weighted by Gasteiger charge is 2.24. The Morgan fingerprint density at radius 2 is 1.97 bits per heavy atom. The summed E-state index contributed by atoms with van der Waals surface area (Å²) in [6.07, 6.45) is 7.66. The van der Waals surface area contributed by atoms with E-state index in [2.05, 4.69) is 26.8 Å². The number of nitrogens with one attached hydrogen (secondary N) is 2. The average molecular weight is 431 g/mol. The molecule has 3 aromatic rings. The van der Waals surface area contributed by atoms with Gasteiger partial charge in [0.05, 0.1) is 39.9 Å². The topological polar surface area (TPSA) is 112 Å². The molecule has 3 heterocycles. The number of anilines is 1. The lowest BCUT2D eigenvalue weighted by molar-refractivity contribution is -0.118. The van der Waals surface area contributed by atoms with Crippen LogP contribution in [-0.2, 0) is 4.79 Å². The molecule has 0 radical (unpaired) electrons. The minimum absolute atomic E-state index is 0.200. The van der Waals surface area contributed by atoms with E-state index in [9.17, 15) is 9.59 Å². The number of nitriles is 1. The van der Waals surface area contributed by atoms with Gasteiger partial charge in [0.2, 0.25) is 0 Å². The Kier molecular flexibility index (Phi) is 6.17. The van der Waals surface area contributed by atoms with Crippen LogP contribution in [0, 0.1) is 17.2 Å². The van der Waals surface area contributed by atoms with Crippen molar-refractivity contribution in [1.29, 1.82) is 5.26 Å². The van der Waals surface area contributed by atoms with Crippen LogP contribution in [0.3, 0.4) is 0 Å². The van der Waals surface area contributed by atoms with E-state index in [1.807, 2.05) is 18.2 Å². The van der Waals surface area contributed by atoms with E-state index in [1.54, 1.807) is 30.8 Å². The molecule has 1 aliphatic rings. The molecule has 1 aliphatic carbocycles. The van der Waals surface area contributed by atoms with E-state index in [0.29, 0.717) is 29.2 Å². The van der Waals surface area contributed by atoms with Crippen LogP contribution in [-0.4, -0.2) is 39.4 Å². The fourth-order valence-electron chi connectivity index (χ4n) is 4.42. The first-order chi connectivity index (χ1) is 15.5. The Labute approximate surface area is 186 Å². The summed E-state index contributed by atoms with van der Waals surface area (Å²) < 4.78 is 1.74. The first kappa shape index (κ1) is 21.5. The van der Waals surface area contributed by atoms with Crippen LogP contribution in [0.15, 0.2) is 36.7 Å². The van der Waals surface area contributed by atoms with Gasteiger partial charge >= 0.3 is 0 Å². The maximum absolute atomic E-state index is 12.5. The number of pyridine rings is 1. The molecular formula is C24H26N6O2. The van der Waals surface area contributed by atoms with Crippen LogP contribution in [0.4, 0.5) is 5.69 Å². The Bertz CT molecular complexity index is 1200. The summed E-state index contributed by atoms with van der Waals surface area (Å²) in [5.74, 6) is 0.499. The van der Waals surface area contributed by atoms with E-state index in [1.165, 1.54) is 6.20 Å². The number of carbonyl (C=O) groups excluding carboxylic acids is 2. The highest BCUT2D eigenvalue weighted by Crippen LogP contribution is 2.31. The van der Waals surface area contributed by atoms with Crippen molar-refractivity contribution in [3.8, 4) is 17.5 Å². The molecule has 2 N–H and O–H groups in total. The molecule has 0 unspecified atom stereocenters. The molecule has 8 heteroatoms. The predicted octanol–water partition coefficient (Wildman–Crippen LogP) is 3.58. The van der Waals surface area contributed by atoms with Gasteiger partial charge in [-0.2, -0.15) is 10.4 Å². The van der Waals surface area contributed by atoms with Crippen molar-refractivity contribution in [2.75, 3.05) is 12.4 Å². The van der Waals surface area contributed by atoms with Crippen LogP contribution in [0.2, 0.25) is 0 Å². The molecule has 164 valence electrons. The van der Waals surface area contributed by atoms with Gasteiger partial charge < -0.3 is 15.4 Å². The number of ketones is 1. The molecule has 0 spiro atoms. The quantitative estimate of drug-likeness (QED) is 0.618. The van der Waals surface area contributed by atoms with Crippen molar-refractivity contribution in [2.24, 2.45) is 5.92 Å². The summed E-state index contributed by atoms with van der Waals surface area (Å²) >= 11 is 0. The first-order valence-electron chi connectivity index (χ1n) is 10.8. The van der Waals surface area contributed by atoms with Crippen LogP contribution in [0.1, 0.15) is 54.9 Å². The van der Waals surface area contributed by atoms with Gasteiger partial charge in [-0.05, 0) is 62.8 Å². The zero-order valence-corrected chi connectivity index (χ0v) is 18.3. The van der Waals surface area contributed by atoms with Gasteiger partial charge in [-0.3, -0.25) is 9.78 Å². The van der Waals surface area contributed by atoms with Crippen LogP contribution >= 0.6 is 0 Å². The van der Waals surface area contributed by atoms with Crippen molar-refractivity contribution >= 4 is 22.9 Å². The van der Waals surface area contributed by atoms with E-state index in [4.69, 9.17) is 5.26 Å². The molecule has 8 nitrogen and oxygen atoms in total. The molecule has 0 atom stereocenters. The number of amides is 1. The second kappa shape index (κ2) is 9.18. The molecule has 32 heavy (non-hydrogen) atoms. The summed E-state index contributed by atoms with van der Waals surface area (Å²) in [7, 11) is 1.60. The van der Waals surface area contributed by atoms with E-state index in [-0.39, 0.29) is 17.7 Å². The van der Waals surface area contributed by atoms with Crippen molar-refractivity contribution < 1.29 is 9.59 Å². The number of Topliss-reactive ketones (excluding diaryl/α,β-unsaturated/α-hetero) is 1. The molecule has 0 aliphatic heterocycles.